The Bertz CT molecular complexity index is 239. The molecule has 0 atom stereocenters. The molecule has 0 fully saturated rings. The van der Waals surface area contributed by atoms with E-state index in [1.165, 1.54) is 64.5 Å². The van der Waals surface area contributed by atoms with Crippen molar-refractivity contribution in [2.24, 2.45) is 0 Å². The number of carbonyl (C=O) groups is 1. The zero-order chi connectivity index (χ0) is 15.3. The van der Waals surface area contributed by atoms with Gasteiger partial charge in [-0.25, -0.2) is 0 Å². The monoisotopic (exact) mass is 285 g/mol. The minimum Gasteiger partial charge on any atom is -0.359 e. The van der Waals surface area contributed by atoms with Crippen molar-refractivity contribution in [1.82, 2.24) is 5.32 Å². The molecule has 0 aromatic rings. The SMILES string of the molecule is CCCCCCCC[N+](C)(C)CCCCCC(=O)NC. The summed E-state index contributed by atoms with van der Waals surface area (Å²) in [6.07, 6.45) is 12.4. The van der Waals surface area contributed by atoms with Gasteiger partial charge >= 0.3 is 0 Å². The highest BCUT2D eigenvalue weighted by Crippen LogP contribution is 2.10. The van der Waals surface area contributed by atoms with Gasteiger partial charge in [0.1, 0.15) is 0 Å². The van der Waals surface area contributed by atoms with Crippen molar-refractivity contribution in [2.45, 2.75) is 71.1 Å². The standard InChI is InChI=1S/C17H36N2O/c1-5-6-7-8-9-12-15-19(3,4)16-13-10-11-14-17(20)18-2/h5-16H2,1-4H3/p+1. The third-order valence-corrected chi connectivity index (χ3v) is 4.06. The molecule has 20 heavy (non-hydrogen) atoms. The molecule has 0 aromatic carbocycles. The molecule has 0 rings (SSSR count). The Morgan fingerprint density at radius 3 is 1.90 bits per heavy atom. The number of unbranched alkanes of at least 4 members (excludes halogenated alkanes) is 7. The molecule has 0 aliphatic heterocycles. The van der Waals surface area contributed by atoms with Crippen LogP contribution in [0.1, 0.15) is 71.1 Å². The highest BCUT2D eigenvalue weighted by atomic mass is 16.1. The number of nitrogens with one attached hydrogen (secondary N) is 1. The molecule has 0 aliphatic carbocycles. The second-order valence-electron chi connectivity index (χ2n) is 6.63. The lowest BCUT2D eigenvalue weighted by Gasteiger charge is -2.30. The Kier molecular flexibility index (Phi) is 11.8. The molecule has 120 valence electrons. The summed E-state index contributed by atoms with van der Waals surface area (Å²) < 4.78 is 1.13. The molecule has 0 bridgehead atoms. The minimum absolute atomic E-state index is 0.172. The molecule has 0 aliphatic rings. The van der Waals surface area contributed by atoms with Crippen LogP contribution in [0.2, 0.25) is 0 Å². The Balaban J connectivity index is 3.46. The number of hydrogen-bond donors (Lipinski definition) is 1. The summed E-state index contributed by atoms with van der Waals surface area (Å²) >= 11 is 0. The molecule has 0 saturated carbocycles. The fourth-order valence-electron chi connectivity index (χ4n) is 2.56. The van der Waals surface area contributed by atoms with Crippen LogP contribution in [0.15, 0.2) is 0 Å². The first-order valence-corrected chi connectivity index (χ1v) is 8.54. The maximum Gasteiger partial charge on any atom is 0.219 e. The average molecular weight is 285 g/mol. The smallest absolute Gasteiger partial charge is 0.219 e. The lowest BCUT2D eigenvalue weighted by atomic mass is 10.1. The summed E-state index contributed by atoms with van der Waals surface area (Å²) in [6, 6.07) is 0. The van der Waals surface area contributed by atoms with Gasteiger partial charge in [0.25, 0.3) is 0 Å². The van der Waals surface area contributed by atoms with Crippen LogP contribution in [0, 0.1) is 0 Å². The van der Waals surface area contributed by atoms with Gasteiger partial charge in [-0.3, -0.25) is 4.79 Å². The van der Waals surface area contributed by atoms with E-state index in [9.17, 15) is 4.79 Å². The third kappa shape index (κ3) is 12.5. The molecule has 0 spiro atoms. The van der Waals surface area contributed by atoms with Crippen LogP contribution in [0.3, 0.4) is 0 Å². The van der Waals surface area contributed by atoms with E-state index in [1.807, 2.05) is 0 Å². The molecule has 0 saturated heterocycles. The van der Waals surface area contributed by atoms with Crippen molar-refractivity contribution < 1.29 is 9.28 Å². The third-order valence-electron chi connectivity index (χ3n) is 4.06. The molecule has 0 heterocycles. The van der Waals surface area contributed by atoms with E-state index in [0.717, 1.165) is 10.9 Å². The topological polar surface area (TPSA) is 29.1 Å². The maximum absolute atomic E-state index is 11.1. The highest BCUT2D eigenvalue weighted by molar-refractivity contribution is 5.75. The van der Waals surface area contributed by atoms with Crippen molar-refractivity contribution in [3.63, 3.8) is 0 Å². The van der Waals surface area contributed by atoms with Crippen molar-refractivity contribution in [3.8, 4) is 0 Å². The Morgan fingerprint density at radius 2 is 1.35 bits per heavy atom. The fourth-order valence-corrected chi connectivity index (χ4v) is 2.56. The maximum atomic E-state index is 11.1. The summed E-state index contributed by atoms with van der Waals surface area (Å²) in [5, 5.41) is 2.68. The second-order valence-corrected chi connectivity index (χ2v) is 6.63. The van der Waals surface area contributed by atoms with Gasteiger partial charge in [-0.2, -0.15) is 0 Å². The molecule has 0 aromatic heterocycles. The number of quaternary nitrogens is 1. The Hall–Kier alpha value is -0.570. The second kappa shape index (κ2) is 12.2. The van der Waals surface area contributed by atoms with Gasteiger partial charge in [0.2, 0.25) is 5.91 Å². The number of rotatable bonds is 13. The number of carbonyl (C=O) groups excluding carboxylic acids is 1. The normalized spacial score (nSPS) is 11.6. The van der Waals surface area contributed by atoms with E-state index in [1.54, 1.807) is 7.05 Å². The van der Waals surface area contributed by atoms with Gasteiger partial charge in [-0.1, -0.05) is 32.6 Å². The van der Waals surface area contributed by atoms with Crippen molar-refractivity contribution in [2.75, 3.05) is 34.2 Å². The van der Waals surface area contributed by atoms with Gasteiger partial charge in [0.05, 0.1) is 27.2 Å². The zero-order valence-electron chi connectivity index (χ0n) is 14.3. The first kappa shape index (κ1) is 19.4. The molecule has 1 N–H and O–H groups in total. The van der Waals surface area contributed by atoms with E-state index >= 15 is 0 Å². The summed E-state index contributed by atoms with van der Waals surface area (Å²) in [4.78, 5) is 11.1. The largest absolute Gasteiger partial charge is 0.359 e. The van der Waals surface area contributed by atoms with Gasteiger partial charge in [-0.05, 0) is 32.1 Å². The Morgan fingerprint density at radius 1 is 0.850 bits per heavy atom. The predicted molar refractivity (Wildman–Crippen MR) is 87.8 cm³/mol. The first-order chi connectivity index (χ1) is 9.52. The summed E-state index contributed by atoms with van der Waals surface area (Å²) in [6.45, 7) is 4.80. The van der Waals surface area contributed by atoms with Crippen LogP contribution in [0.25, 0.3) is 0 Å². The van der Waals surface area contributed by atoms with Gasteiger partial charge < -0.3 is 9.80 Å². The van der Waals surface area contributed by atoms with Crippen LogP contribution >= 0.6 is 0 Å². The van der Waals surface area contributed by atoms with Crippen molar-refractivity contribution >= 4 is 5.91 Å². The number of hydrogen-bond acceptors (Lipinski definition) is 1. The van der Waals surface area contributed by atoms with Crippen molar-refractivity contribution in [3.05, 3.63) is 0 Å². The summed E-state index contributed by atoms with van der Waals surface area (Å²) in [5.41, 5.74) is 0. The van der Waals surface area contributed by atoms with Crippen LogP contribution in [0.4, 0.5) is 0 Å². The molecule has 3 heteroatoms. The van der Waals surface area contributed by atoms with Crippen LogP contribution < -0.4 is 5.32 Å². The number of nitrogens with zero attached hydrogens (tertiary/aromatic N) is 1. The summed E-state index contributed by atoms with van der Waals surface area (Å²) in [7, 11) is 6.39. The quantitative estimate of drug-likeness (QED) is 0.405. The van der Waals surface area contributed by atoms with Crippen LogP contribution in [-0.4, -0.2) is 44.6 Å². The predicted octanol–water partition coefficient (Wildman–Crippen LogP) is 3.73. The van der Waals surface area contributed by atoms with E-state index in [4.69, 9.17) is 0 Å². The van der Waals surface area contributed by atoms with Crippen LogP contribution in [-0.2, 0) is 4.79 Å². The summed E-state index contributed by atoms with van der Waals surface area (Å²) in [5.74, 6) is 0.172. The lowest BCUT2D eigenvalue weighted by molar-refractivity contribution is -0.890. The van der Waals surface area contributed by atoms with E-state index in [-0.39, 0.29) is 5.91 Å². The average Bonchev–Trinajstić information content (AvgIpc) is 2.41. The van der Waals surface area contributed by atoms with Crippen LogP contribution in [0.5, 0.6) is 0 Å². The minimum atomic E-state index is 0.172. The zero-order valence-corrected chi connectivity index (χ0v) is 14.3. The molecule has 3 nitrogen and oxygen atoms in total. The van der Waals surface area contributed by atoms with Gasteiger partial charge in [0.15, 0.2) is 0 Å². The fraction of sp³-hybridized carbons (Fsp3) is 0.941. The van der Waals surface area contributed by atoms with E-state index < -0.39 is 0 Å². The van der Waals surface area contributed by atoms with Gasteiger partial charge in [0, 0.05) is 13.5 Å². The lowest BCUT2D eigenvalue weighted by Crippen LogP contribution is -2.41. The van der Waals surface area contributed by atoms with Crippen molar-refractivity contribution in [1.29, 1.82) is 0 Å². The van der Waals surface area contributed by atoms with E-state index in [0.29, 0.717) is 6.42 Å². The molecular weight excluding hydrogens is 248 g/mol. The van der Waals surface area contributed by atoms with Gasteiger partial charge in [-0.15, -0.1) is 0 Å². The molecule has 0 radical (unpaired) electrons. The Labute approximate surface area is 126 Å². The molecule has 0 unspecified atom stereocenters. The highest BCUT2D eigenvalue weighted by Gasteiger charge is 2.13. The van der Waals surface area contributed by atoms with E-state index in [2.05, 4.69) is 26.3 Å². The first-order valence-electron chi connectivity index (χ1n) is 8.54. The number of amides is 1. The molecular formula is C17H37N2O+. The molecule has 1 amide bonds.